The topological polar surface area (TPSA) is 60.9 Å². The van der Waals surface area contributed by atoms with Gasteiger partial charge in [0.1, 0.15) is 0 Å². The maximum absolute atomic E-state index is 14.0. The summed E-state index contributed by atoms with van der Waals surface area (Å²) in [6.07, 6.45) is -4.45. The molecule has 0 N–H and O–H groups in total. The van der Waals surface area contributed by atoms with E-state index in [1.165, 1.54) is 11.0 Å². The summed E-state index contributed by atoms with van der Waals surface area (Å²) in [7, 11) is -4.11. The van der Waals surface area contributed by atoms with Gasteiger partial charge in [0.2, 0.25) is 15.9 Å². The first-order valence-corrected chi connectivity index (χ1v) is 15.1. The van der Waals surface area contributed by atoms with Gasteiger partial charge in [0.25, 0.3) is 0 Å². The molecule has 0 aliphatic carbocycles. The zero-order valence-corrected chi connectivity index (χ0v) is 25.1. The highest BCUT2D eigenvalue weighted by molar-refractivity contribution is 7.89. The van der Waals surface area contributed by atoms with E-state index in [-0.39, 0.29) is 29.6 Å². The summed E-state index contributed by atoms with van der Waals surface area (Å²) in [6, 6.07) is 13.4. The van der Waals surface area contributed by atoms with Crippen molar-refractivity contribution in [3.05, 3.63) is 92.5 Å². The lowest BCUT2D eigenvalue weighted by molar-refractivity contribution is -0.137. The molecule has 4 rings (SSSR count). The van der Waals surface area contributed by atoms with E-state index in [0.717, 1.165) is 22.0 Å². The summed E-state index contributed by atoms with van der Waals surface area (Å²) < 4.78 is 68.7. The first-order chi connectivity index (χ1) is 19.2. The summed E-state index contributed by atoms with van der Waals surface area (Å²) in [6.45, 7) is 5.88. The number of halogens is 5. The zero-order chi connectivity index (χ0) is 30.1. The Morgan fingerprint density at radius 1 is 0.902 bits per heavy atom. The summed E-state index contributed by atoms with van der Waals surface area (Å²) in [5.41, 5.74) is 2.31. The largest absolute Gasteiger partial charge is 0.416 e. The molecule has 0 aromatic heterocycles. The molecule has 0 unspecified atom stereocenters. The van der Waals surface area contributed by atoms with Crippen LogP contribution in [0.3, 0.4) is 0 Å². The molecule has 1 aliphatic rings. The standard InChI is InChI=1S/C29H30Cl2F3N3O3S/c1-19-13-20(2)28(21(3)14-19)41(39,40)37(17-22-7-8-25(30)26(31)15-22)18-27(38)36-11-9-35(10-12-36)24-6-4-5-23(16-24)29(32,33)34/h4-8,13-16H,9-12,17-18H2,1-3H3. The molecule has 12 heteroatoms. The van der Waals surface area contributed by atoms with Crippen LogP contribution in [0.2, 0.25) is 10.0 Å². The molecule has 0 radical (unpaired) electrons. The first-order valence-electron chi connectivity index (χ1n) is 12.9. The normalized spacial score (nSPS) is 14.6. The highest BCUT2D eigenvalue weighted by Crippen LogP contribution is 2.32. The molecule has 1 fully saturated rings. The lowest BCUT2D eigenvalue weighted by Crippen LogP contribution is -2.51. The minimum atomic E-state index is -4.45. The molecular weight excluding hydrogens is 598 g/mol. The Morgan fingerprint density at radius 2 is 1.54 bits per heavy atom. The van der Waals surface area contributed by atoms with E-state index < -0.39 is 34.2 Å². The van der Waals surface area contributed by atoms with Crippen molar-refractivity contribution < 1.29 is 26.4 Å². The van der Waals surface area contributed by atoms with Gasteiger partial charge in [-0.15, -0.1) is 0 Å². The van der Waals surface area contributed by atoms with Crippen molar-refractivity contribution in [3.63, 3.8) is 0 Å². The lowest BCUT2D eigenvalue weighted by Gasteiger charge is -2.37. The van der Waals surface area contributed by atoms with E-state index in [4.69, 9.17) is 23.2 Å². The molecule has 41 heavy (non-hydrogen) atoms. The Morgan fingerprint density at radius 3 is 2.12 bits per heavy atom. The third kappa shape index (κ3) is 7.17. The predicted molar refractivity (Wildman–Crippen MR) is 155 cm³/mol. The number of aryl methyl sites for hydroxylation is 3. The first kappa shape index (κ1) is 31.2. The molecule has 6 nitrogen and oxygen atoms in total. The minimum Gasteiger partial charge on any atom is -0.368 e. The summed E-state index contributed by atoms with van der Waals surface area (Å²) in [5, 5.41) is 0.589. The van der Waals surface area contributed by atoms with Crippen molar-refractivity contribution >= 4 is 44.8 Å². The second-order valence-electron chi connectivity index (χ2n) is 10.2. The van der Waals surface area contributed by atoms with Crippen LogP contribution in [0.5, 0.6) is 0 Å². The molecule has 0 bridgehead atoms. The molecule has 0 saturated carbocycles. The summed E-state index contributed by atoms with van der Waals surface area (Å²) in [5.74, 6) is -0.403. The van der Waals surface area contributed by atoms with Crippen LogP contribution >= 0.6 is 23.2 Å². The fraction of sp³-hybridized carbons (Fsp3) is 0.345. The molecule has 3 aromatic rings. The highest BCUT2D eigenvalue weighted by Gasteiger charge is 2.33. The van der Waals surface area contributed by atoms with Crippen LogP contribution in [0.4, 0.5) is 18.9 Å². The number of sulfonamides is 1. The number of amides is 1. The van der Waals surface area contributed by atoms with E-state index >= 15 is 0 Å². The molecule has 1 saturated heterocycles. The van der Waals surface area contributed by atoms with Crippen molar-refractivity contribution in [2.45, 2.75) is 38.4 Å². The van der Waals surface area contributed by atoms with Crippen LogP contribution in [0, 0.1) is 20.8 Å². The number of alkyl halides is 3. The lowest BCUT2D eigenvalue weighted by atomic mass is 10.1. The SMILES string of the molecule is Cc1cc(C)c(S(=O)(=O)N(CC(=O)N2CCN(c3cccc(C(F)(F)F)c3)CC2)Cc2ccc(Cl)c(Cl)c2)c(C)c1. The second kappa shape index (κ2) is 12.2. The van der Waals surface area contributed by atoms with Crippen LogP contribution in [-0.2, 0) is 27.5 Å². The Bertz CT molecular complexity index is 1530. The van der Waals surface area contributed by atoms with Gasteiger partial charge in [-0.2, -0.15) is 17.5 Å². The number of piperazine rings is 1. The summed E-state index contributed by atoms with van der Waals surface area (Å²) in [4.78, 5) is 16.9. The van der Waals surface area contributed by atoms with E-state index in [1.54, 1.807) is 55.1 Å². The van der Waals surface area contributed by atoms with Gasteiger partial charge >= 0.3 is 6.18 Å². The Hall–Kier alpha value is -2.79. The van der Waals surface area contributed by atoms with E-state index in [1.807, 2.05) is 6.92 Å². The van der Waals surface area contributed by atoms with Gasteiger partial charge in [-0.25, -0.2) is 8.42 Å². The second-order valence-corrected chi connectivity index (χ2v) is 12.9. The molecule has 0 atom stereocenters. The fourth-order valence-corrected chi connectivity index (χ4v) is 7.22. The van der Waals surface area contributed by atoms with Gasteiger partial charge in [0, 0.05) is 38.4 Å². The molecule has 0 spiro atoms. The third-order valence-electron chi connectivity index (χ3n) is 7.03. The number of carbonyl (C=O) groups excluding carboxylic acids is 1. The van der Waals surface area contributed by atoms with Gasteiger partial charge in [0.05, 0.1) is 27.0 Å². The Balaban J connectivity index is 1.56. The quantitative estimate of drug-likeness (QED) is 0.301. The number of benzene rings is 3. The van der Waals surface area contributed by atoms with Crippen LogP contribution in [-0.4, -0.2) is 56.3 Å². The number of rotatable bonds is 7. The molecule has 3 aromatic carbocycles. The number of hydrogen-bond acceptors (Lipinski definition) is 4. The van der Waals surface area contributed by atoms with Crippen LogP contribution in [0.25, 0.3) is 0 Å². The third-order valence-corrected chi connectivity index (χ3v) is 9.87. The molecular formula is C29H30Cl2F3N3O3S. The van der Waals surface area contributed by atoms with E-state index in [0.29, 0.717) is 40.5 Å². The van der Waals surface area contributed by atoms with E-state index in [9.17, 15) is 26.4 Å². The number of hydrogen-bond donors (Lipinski definition) is 0. The number of nitrogens with zero attached hydrogens (tertiary/aromatic N) is 3. The highest BCUT2D eigenvalue weighted by atomic mass is 35.5. The average molecular weight is 629 g/mol. The van der Waals surface area contributed by atoms with Crippen molar-refractivity contribution in [1.82, 2.24) is 9.21 Å². The van der Waals surface area contributed by atoms with Gasteiger partial charge < -0.3 is 9.80 Å². The Labute approximate surface area is 248 Å². The maximum atomic E-state index is 14.0. The van der Waals surface area contributed by atoms with Gasteiger partial charge in [-0.1, -0.05) is 53.0 Å². The smallest absolute Gasteiger partial charge is 0.368 e. The predicted octanol–water partition coefficient (Wildman–Crippen LogP) is 6.48. The summed E-state index contributed by atoms with van der Waals surface area (Å²) >= 11 is 12.2. The van der Waals surface area contributed by atoms with Gasteiger partial charge in [-0.05, 0) is 67.8 Å². The minimum absolute atomic E-state index is 0.109. The Kier molecular flexibility index (Phi) is 9.28. The van der Waals surface area contributed by atoms with E-state index in [2.05, 4.69) is 0 Å². The monoisotopic (exact) mass is 627 g/mol. The maximum Gasteiger partial charge on any atom is 0.416 e. The van der Waals surface area contributed by atoms with Gasteiger partial charge in [-0.3, -0.25) is 4.79 Å². The van der Waals surface area contributed by atoms with Crippen LogP contribution < -0.4 is 4.90 Å². The molecule has 1 aliphatic heterocycles. The fourth-order valence-electron chi connectivity index (χ4n) is 5.11. The van der Waals surface area contributed by atoms with Gasteiger partial charge in [0.15, 0.2) is 0 Å². The molecule has 1 amide bonds. The van der Waals surface area contributed by atoms with Crippen LogP contribution in [0.1, 0.15) is 27.8 Å². The average Bonchev–Trinajstić information content (AvgIpc) is 2.89. The van der Waals surface area contributed by atoms with Crippen molar-refractivity contribution in [3.8, 4) is 0 Å². The molecule has 220 valence electrons. The van der Waals surface area contributed by atoms with Crippen molar-refractivity contribution in [2.75, 3.05) is 37.6 Å². The zero-order valence-electron chi connectivity index (χ0n) is 22.8. The number of carbonyl (C=O) groups is 1. The molecule has 1 heterocycles. The van der Waals surface area contributed by atoms with Crippen molar-refractivity contribution in [1.29, 1.82) is 0 Å². The van der Waals surface area contributed by atoms with Crippen LogP contribution in [0.15, 0.2) is 59.5 Å². The van der Waals surface area contributed by atoms with Crippen molar-refractivity contribution in [2.24, 2.45) is 0 Å². The number of anilines is 1.